The number of amides is 1. The number of likely N-dealkylation sites (N-methyl/N-ethyl adjacent to an activating group) is 1. The molecule has 0 radical (unpaired) electrons. The second-order valence-electron chi connectivity index (χ2n) is 5.09. The number of aromatic nitrogens is 1. The van der Waals surface area contributed by atoms with Gasteiger partial charge in [0.2, 0.25) is 0 Å². The van der Waals surface area contributed by atoms with Gasteiger partial charge in [-0.3, -0.25) is 9.69 Å². The summed E-state index contributed by atoms with van der Waals surface area (Å²) in [6, 6.07) is 3.89. The summed E-state index contributed by atoms with van der Waals surface area (Å²) in [5.41, 5.74) is 0.458. The number of pyridine rings is 1. The van der Waals surface area contributed by atoms with E-state index < -0.39 is 0 Å². The minimum atomic E-state index is -0.0903. The van der Waals surface area contributed by atoms with Crippen LogP contribution in [-0.4, -0.2) is 48.1 Å². The molecule has 1 N–H and O–H groups in total. The van der Waals surface area contributed by atoms with E-state index in [9.17, 15) is 4.79 Å². The van der Waals surface area contributed by atoms with Crippen LogP contribution in [0.3, 0.4) is 0 Å². The molecule has 1 aromatic heterocycles. The third-order valence-corrected chi connectivity index (χ3v) is 3.21. The maximum atomic E-state index is 11.7. The molecule has 2 heterocycles. The van der Waals surface area contributed by atoms with Crippen LogP contribution >= 0.6 is 0 Å². The van der Waals surface area contributed by atoms with Crippen molar-refractivity contribution < 1.29 is 9.53 Å². The number of carbonyl (C=O) groups excluding carboxylic acids is 1. The van der Waals surface area contributed by atoms with E-state index in [-0.39, 0.29) is 12.0 Å². The second kappa shape index (κ2) is 4.57. The molecular formula is C13H17N3O2. The Morgan fingerprint density at radius 2 is 2.22 bits per heavy atom. The summed E-state index contributed by atoms with van der Waals surface area (Å²) in [7, 11) is 2.06. The number of likely N-dealkylation sites (tertiary alicyclic amines) is 1. The van der Waals surface area contributed by atoms with E-state index in [1.165, 1.54) is 0 Å². The summed E-state index contributed by atoms with van der Waals surface area (Å²) < 4.78 is 5.71. The lowest BCUT2D eigenvalue weighted by Gasteiger charge is -2.35. The molecule has 1 amide bonds. The fourth-order valence-electron chi connectivity index (χ4n) is 1.98. The topological polar surface area (TPSA) is 54.5 Å². The SMILES string of the molecule is CN1CC(Oc2ccc(C(=O)NC3CC3)nc2)C1. The monoisotopic (exact) mass is 247 g/mol. The largest absolute Gasteiger partial charge is 0.486 e. The first-order chi connectivity index (χ1) is 8.70. The third kappa shape index (κ3) is 2.61. The summed E-state index contributed by atoms with van der Waals surface area (Å²) in [4.78, 5) is 18.0. The molecule has 5 nitrogen and oxygen atoms in total. The maximum absolute atomic E-state index is 11.7. The molecule has 96 valence electrons. The van der Waals surface area contributed by atoms with Crippen molar-refractivity contribution in [1.82, 2.24) is 15.2 Å². The summed E-state index contributed by atoms with van der Waals surface area (Å²) in [5, 5.41) is 2.91. The van der Waals surface area contributed by atoms with Crippen molar-refractivity contribution in [3.05, 3.63) is 24.0 Å². The Labute approximate surface area is 106 Å². The molecule has 18 heavy (non-hydrogen) atoms. The third-order valence-electron chi connectivity index (χ3n) is 3.21. The first-order valence-corrected chi connectivity index (χ1v) is 6.33. The van der Waals surface area contributed by atoms with Gasteiger partial charge < -0.3 is 10.1 Å². The Morgan fingerprint density at radius 1 is 1.44 bits per heavy atom. The Kier molecular flexibility index (Phi) is 2.91. The van der Waals surface area contributed by atoms with Crippen LogP contribution in [0.15, 0.2) is 18.3 Å². The zero-order valence-electron chi connectivity index (χ0n) is 10.4. The van der Waals surface area contributed by atoms with Gasteiger partial charge in [0, 0.05) is 19.1 Å². The second-order valence-corrected chi connectivity index (χ2v) is 5.09. The summed E-state index contributed by atoms with van der Waals surface area (Å²) >= 11 is 0. The molecule has 0 unspecified atom stereocenters. The van der Waals surface area contributed by atoms with Crippen LogP contribution in [0.2, 0.25) is 0 Å². The van der Waals surface area contributed by atoms with E-state index in [2.05, 4.69) is 22.2 Å². The predicted octanol–water partition coefficient (Wildman–Crippen LogP) is 0.667. The van der Waals surface area contributed by atoms with Crippen molar-refractivity contribution in [1.29, 1.82) is 0 Å². The molecule has 5 heteroatoms. The summed E-state index contributed by atoms with van der Waals surface area (Å²) in [5.74, 6) is 0.642. The quantitative estimate of drug-likeness (QED) is 0.849. The van der Waals surface area contributed by atoms with Gasteiger partial charge in [-0.1, -0.05) is 0 Å². The normalized spacial score (nSPS) is 20.3. The van der Waals surface area contributed by atoms with Gasteiger partial charge in [0.1, 0.15) is 17.5 Å². The highest BCUT2D eigenvalue weighted by Gasteiger charge is 2.26. The van der Waals surface area contributed by atoms with Gasteiger partial charge >= 0.3 is 0 Å². The van der Waals surface area contributed by atoms with Crippen molar-refractivity contribution in [2.24, 2.45) is 0 Å². The van der Waals surface area contributed by atoms with Crippen LogP contribution in [0, 0.1) is 0 Å². The number of hydrogen-bond acceptors (Lipinski definition) is 4. The number of rotatable bonds is 4. The van der Waals surface area contributed by atoms with E-state index >= 15 is 0 Å². The average Bonchev–Trinajstić information content (AvgIpc) is 3.12. The lowest BCUT2D eigenvalue weighted by Crippen LogP contribution is -2.51. The van der Waals surface area contributed by atoms with Crippen LogP contribution in [0.1, 0.15) is 23.3 Å². The van der Waals surface area contributed by atoms with Gasteiger partial charge in [-0.05, 0) is 32.0 Å². The molecular weight excluding hydrogens is 230 g/mol. The van der Waals surface area contributed by atoms with Gasteiger partial charge in [-0.25, -0.2) is 4.98 Å². The minimum absolute atomic E-state index is 0.0903. The molecule has 1 aromatic rings. The van der Waals surface area contributed by atoms with Gasteiger partial charge in [0.05, 0.1) is 6.20 Å². The first kappa shape index (κ1) is 11.5. The van der Waals surface area contributed by atoms with Crippen LogP contribution in [0.5, 0.6) is 5.75 Å². The first-order valence-electron chi connectivity index (χ1n) is 6.33. The average molecular weight is 247 g/mol. The lowest BCUT2D eigenvalue weighted by atomic mass is 10.2. The van der Waals surface area contributed by atoms with Crippen molar-refractivity contribution in [2.75, 3.05) is 20.1 Å². The van der Waals surface area contributed by atoms with Crippen LogP contribution in [0.4, 0.5) is 0 Å². The Balaban J connectivity index is 1.56. The van der Waals surface area contributed by atoms with Gasteiger partial charge in [0.15, 0.2) is 0 Å². The standard InChI is InChI=1S/C13H17N3O2/c1-16-7-11(8-16)18-10-4-5-12(14-6-10)13(17)15-9-2-3-9/h4-6,9,11H,2-3,7-8H2,1H3,(H,15,17). The van der Waals surface area contributed by atoms with E-state index in [0.717, 1.165) is 31.7 Å². The van der Waals surface area contributed by atoms with Crippen molar-refractivity contribution in [3.8, 4) is 5.75 Å². The molecule has 0 spiro atoms. The van der Waals surface area contributed by atoms with E-state index in [0.29, 0.717) is 11.7 Å². The fraction of sp³-hybridized carbons (Fsp3) is 0.538. The van der Waals surface area contributed by atoms with Crippen LogP contribution in [0.25, 0.3) is 0 Å². The molecule has 3 rings (SSSR count). The number of carbonyl (C=O) groups is 1. The smallest absolute Gasteiger partial charge is 0.270 e. The minimum Gasteiger partial charge on any atom is -0.486 e. The van der Waals surface area contributed by atoms with Gasteiger partial charge in [0.25, 0.3) is 5.91 Å². The van der Waals surface area contributed by atoms with Crippen LogP contribution < -0.4 is 10.1 Å². The summed E-state index contributed by atoms with van der Waals surface area (Å²) in [6.45, 7) is 1.90. The zero-order valence-corrected chi connectivity index (χ0v) is 10.4. The van der Waals surface area contributed by atoms with Crippen molar-refractivity contribution in [2.45, 2.75) is 25.0 Å². The highest BCUT2D eigenvalue weighted by atomic mass is 16.5. The maximum Gasteiger partial charge on any atom is 0.270 e. The molecule has 1 aliphatic carbocycles. The van der Waals surface area contributed by atoms with Crippen molar-refractivity contribution >= 4 is 5.91 Å². The molecule has 2 fully saturated rings. The van der Waals surface area contributed by atoms with E-state index in [4.69, 9.17) is 4.74 Å². The van der Waals surface area contributed by atoms with Crippen molar-refractivity contribution in [3.63, 3.8) is 0 Å². The number of nitrogens with zero attached hydrogens (tertiary/aromatic N) is 2. The highest BCUT2D eigenvalue weighted by Crippen LogP contribution is 2.20. The van der Waals surface area contributed by atoms with Gasteiger partial charge in [-0.2, -0.15) is 0 Å². The van der Waals surface area contributed by atoms with E-state index in [1.807, 2.05) is 6.07 Å². The molecule has 0 aromatic carbocycles. The molecule has 0 atom stereocenters. The molecule has 1 saturated heterocycles. The molecule has 1 aliphatic heterocycles. The number of nitrogens with one attached hydrogen (secondary N) is 1. The van der Waals surface area contributed by atoms with E-state index in [1.54, 1.807) is 12.3 Å². The van der Waals surface area contributed by atoms with Gasteiger partial charge in [-0.15, -0.1) is 0 Å². The predicted molar refractivity (Wildman–Crippen MR) is 66.6 cm³/mol. The Morgan fingerprint density at radius 3 is 2.78 bits per heavy atom. The van der Waals surface area contributed by atoms with Crippen LogP contribution in [-0.2, 0) is 0 Å². The molecule has 1 saturated carbocycles. The Hall–Kier alpha value is -1.62. The fourth-order valence-corrected chi connectivity index (χ4v) is 1.98. The molecule has 2 aliphatic rings. The molecule has 0 bridgehead atoms. The highest BCUT2D eigenvalue weighted by molar-refractivity contribution is 5.92. The number of hydrogen-bond donors (Lipinski definition) is 1. The number of ether oxygens (including phenoxy) is 1. The zero-order chi connectivity index (χ0) is 12.5. The summed E-state index contributed by atoms with van der Waals surface area (Å²) in [6.07, 6.45) is 4.05. The lowest BCUT2D eigenvalue weighted by molar-refractivity contribution is 0.0385. The Bertz CT molecular complexity index is 436.